The number of nitro benzene ring substituents is 1. The Hall–Kier alpha value is -3.35. The van der Waals surface area contributed by atoms with Crippen LogP contribution in [0.1, 0.15) is 34.1 Å². The van der Waals surface area contributed by atoms with Gasteiger partial charge in [-0.2, -0.15) is 0 Å². The number of rotatable bonds is 9. The Morgan fingerprint density at radius 1 is 1.28 bits per heavy atom. The summed E-state index contributed by atoms with van der Waals surface area (Å²) in [6, 6.07) is 1.92. The highest BCUT2D eigenvalue weighted by Crippen LogP contribution is 2.30. The number of imide groups is 1. The third kappa shape index (κ3) is 4.74. The Bertz CT molecular complexity index is 1000. The van der Waals surface area contributed by atoms with Crippen molar-refractivity contribution in [1.29, 1.82) is 0 Å². The van der Waals surface area contributed by atoms with Crippen LogP contribution in [0, 0.1) is 10.1 Å². The molecule has 3 amide bonds. The smallest absolute Gasteiger partial charge is 0.326 e. The van der Waals surface area contributed by atoms with E-state index in [0.29, 0.717) is 4.90 Å². The third-order valence-electron chi connectivity index (χ3n) is 4.27. The largest absolute Gasteiger partial charge is 0.480 e. The lowest BCUT2D eigenvalue weighted by molar-refractivity contribution is -0.385. The molecule has 156 valence electrons. The number of carbonyl (C=O) groups excluding carboxylic acids is 3. The van der Waals surface area contributed by atoms with Gasteiger partial charge in [-0.25, -0.2) is 13.2 Å². The number of hydrogen-bond acceptors (Lipinski definition) is 8. The van der Waals surface area contributed by atoms with Crippen LogP contribution in [0.15, 0.2) is 18.2 Å². The van der Waals surface area contributed by atoms with Crippen molar-refractivity contribution in [3.8, 4) is 0 Å². The molecule has 0 fully saturated rings. The molecule has 29 heavy (non-hydrogen) atoms. The van der Waals surface area contributed by atoms with Gasteiger partial charge < -0.3 is 10.4 Å². The Kier molecular flexibility index (Phi) is 6.31. The number of aliphatic carboxylic acids is 1. The molecule has 0 saturated heterocycles. The van der Waals surface area contributed by atoms with Gasteiger partial charge in [-0.1, -0.05) is 13.0 Å². The van der Waals surface area contributed by atoms with Gasteiger partial charge in [-0.15, -0.1) is 0 Å². The topological polar surface area (TPSA) is 181 Å². The number of sulfone groups is 1. The van der Waals surface area contributed by atoms with Gasteiger partial charge in [0.1, 0.15) is 28.0 Å². The number of carbonyl (C=O) groups is 4. The maximum atomic E-state index is 12.4. The highest BCUT2D eigenvalue weighted by molar-refractivity contribution is 7.91. The van der Waals surface area contributed by atoms with Crippen LogP contribution in [0.2, 0.25) is 0 Å². The van der Waals surface area contributed by atoms with Crippen molar-refractivity contribution in [2.75, 3.05) is 18.1 Å². The maximum absolute atomic E-state index is 12.4. The van der Waals surface area contributed by atoms with Crippen LogP contribution in [0.25, 0.3) is 0 Å². The van der Waals surface area contributed by atoms with Gasteiger partial charge in [0.05, 0.1) is 16.2 Å². The fourth-order valence-electron chi connectivity index (χ4n) is 2.69. The first-order valence-corrected chi connectivity index (χ1v) is 10.2. The molecule has 0 aliphatic carbocycles. The average molecular weight is 427 g/mol. The third-order valence-corrected chi connectivity index (χ3v) is 6.00. The first kappa shape index (κ1) is 21.9. The van der Waals surface area contributed by atoms with Gasteiger partial charge in [0.25, 0.3) is 17.5 Å². The number of nitrogens with zero attached hydrogens (tertiary/aromatic N) is 2. The number of benzene rings is 1. The zero-order valence-electron chi connectivity index (χ0n) is 15.2. The Labute approximate surface area is 164 Å². The second-order valence-electron chi connectivity index (χ2n) is 6.14. The van der Waals surface area contributed by atoms with E-state index >= 15 is 0 Å². The summed E-state index contributed by atoms with van der Waals surface area (Å²) >= 11 is 0. The van der Waals surface area contributed by atoms with Crippen molar-refractivity contribution in [1.82, 2.24) is 10.2 Å². The second kappa shape index (κ2) is 8.34. The molecule has 1 aliphatic heterocycles. The number of carboxylic acids is 1. The predicted octanol–water partition coefficient (Wildman–Crippen LogP) is -0.415. The van der Waals surface area contributed by atoms with E-state index in [1.165, 1.54) is 19.1 Å². The van der Waals surface area contributed by atoms with Crippen molar-refractivity contribution >= 4 is 39.2 Å². The minimum Gasteiger partial charge on any atom is -0.480 e. The average Bonchev–Trinajstić information content (AvgIpc) is 2.89. The van der Waals surface area contributed by atoms with E-state index in [2.05, 4.69) is 5.32 Å². The molecule has 12 nitrogen and oxygen atoms in total. The number of fused-ring (bicyclic) bond motifs is 1. The summed E-state index contributed by atoms with van der Waals surface area (Å²) in [5.41, 5.74) is -1.27. The zero-order valence-corrected chi connectivity index (χ0v) is 16.0. The summed E-state index contributed by atoms with van der Waals surface area (Å²) < 4.78 is 23.1. The molecule has 0 bridgehead atoms. The lowest BCUT2D eigenvalue weighted by Crippen LogP contribution is -2.47. The molecular weight excluding hydrogens is 410 g/mol. The monoisotopic (exact) mass is 427 g/mol. The Morgan fingerprint density at radius 2 is 1.93 bits per heavy atom. The zero-order chi connectivity index (χ0) is 21.9. The van der Waals surface area contributed by atoms with Crippen LogP contribution in [0.4, 0.5) is 5.69 Å². The summed E-state index contributed by atoms with van der Waals surface area (Å²) in [6.45, 7) is 0.527. The van der Waals surface area contributed by atoms with Crippen molar-refractivity contribution < 1.29 is 37.6 Å². The minimum atomic E-state index is -3.47. The van der Waals surface area contributed by atoms with Gasteiger partial charge in [0.15, 0.2) is 0 Å². The van der Waals surface area contributed by atoms with Crippen LogP contribution in [-0.2, 0) is 19.4 Å². The summed E-state index contributed by atoms with van der Waals surface area (Å²) in [5.74, 6) is -5.15. The minimum absolute atomic E-state index is 0.193. The molecule has 0 saturated carbocycles. The lowest BCUT2D eigenvalue weighted by atomic mass is 10.1. The number of nitrogens with one attached hydrogen (secondary N) is 1. The standard InChI is InChI=1S/C16H17N3O9S/c1-2-29(27,28)7-6-10(16(23)24)17-12(20)8-18-14(21)9-4-3-5-11(19(25)26)13(9)15(18)22/h3-5,10H,2,6-8H2,1H3,(H,17,20)(H,23,24). The molecule has 1 heterocycles. The normalized spacial score (nSPS) is 14.4. The number of nitro groups is 1. The van der Waals surface area contributed by atoms with Gasteiger partial charge in [0, 0.05) is 11.8 Å². The molecule has 1 unspecified atom stereocenters. The quantitative estimate of drug-likeness (QED) is 0.300. The number of hydrogen-bond donors (Lipinski definition) is 2. The Morgan fingerprint density at radius 3 is 2.48 bits per heavy atom. The molecule has 0 radical (unpaired) electrons. The van der Waals surface area contributed by atoms with E-state index in [9.17, 15) is 37.7 Å². The SMILES string of the molecule is CCS(=O)(=O)CCC(NC(=O)CN1C(=O)c2cccc([N+](=O)[O-])c2C1=O)C(=O)O. The summed E-state index contributed by atoms with van der Waals surface area (Å²) in [5, 5.41) is 22.3. The molecule has 1 atom stereocenters. The van der Waals surface area contributed by atoms with E-state index in [-0.39, 0.29) is 11.3 Å². The molecule has 2 N–H and O–H groups in total. The van der Waals surface area contributed by atoms with Crippen LogP contribution < -0.4 is 5.32 Å². The van der Waals surface area contributed by atoms with Gasteiger partial charge in [-0.3, -0.25) is 29.4 Å². The summed E-state index contributed by atoms with van der Waals surface area (Å²) in [6.07, 6.45) is -0.398. The molecule has 1 aromatic rings. The first-order chi connectivity index (χ1) is 13.5. The molecule has 0 aromatic heterocycles. The van der Waals surface area contributed by atoms with Gasteiger partial charge in [-0.05, 0) is 12.5 Å². The second-order valence-corrected chi connectivity index (χ2v) is 8.61. The highest BCUT2D eigenvalue weighted by Gasteiger charge is 2.42. The van der Waals surface area contributed by atoms with E-state index in [1.807, 2.05) is 0 Å². The van der Waals surface area contributed by atoms with Crippen LogP contribution in [-0.4, -0.2) is 71.1 Å². The molecule has 1 aliphatic rings. The fourth-order valence-corrected chi connectivity index (χ4v) is 3.58. The van der Waals surface area contributed by atoms with Gasteiger partial charge in [0.2, 0.25) is 5.91 Å². The lowest BCUT2D eigenvalue weighted by Gasteiger charge is -2.17. The van der Waals surface area contributed by atoms with Crippen molar-refractivity contribution in [3.05, 3.63) is 39.4 Å². The van der Waals surface area contributed by atoms with E-state index in [1.54, 1.807) is 0 Å². The number of carboxylic acid groups (broad SMARTS) is 1. The van der Waals surface area contributed by atoms with E-state index < -0.39 is 74.5 Å². The molecule has 13 heteroatoms. The van der Waals surface area contributed by atoms with Crippen molar-refractivity contribution in [2.24, 2.45) is 0 Å². The summed E-state index contributed by atoms with van der Waals surface area (Å²) in [4.78, 5) is 58.9. The van der Waals surface area contributed by atoms with Crippen LogP contribution in [0.3, 0.4) is 0 Å². The van der Waals surface area contributed by atoms with Crippen molar-refractivity contribution in [3.63, 3.8) is 0 Å². The van der Waals surface area contributed by atoms with E-state index in [0.717, 1.165) is 6.07 Å². The molecule has 0 spiro atoms. The van der Waals surface area contributed by atoms with Gasteiger partial charge >= 0.3 is 5.97 Å². The van der Waals surface area contributed by atoms with Crippen LogP contribution >= 0.6 is 0 Å². The number of amides is 3. The summed E-state index contributed by atoms with van der Waals surface area (Å²) in [7, 11) is -3.47. The first-order valence-electron chi connectivity index (χ1n) is 8.34. The van der Waals surface area contributed by atoms with Crippen molar-refractivity contribution in [2.45, 2.75) is 19.4 Å². The molecular formula is C16H17N3O9S. The molecule has 2 rings (SSSR count). The predicted molar refractivity (Wildman–Crippen MR) is 97.0 cm³/mol. The molecule has 1 aromatic carbocycles. The maximum Gasteiger partial charge on any atom is 0.326 e. The highest BCUT2D eigenvalue weighted by atomic mass is 32.2. The fraction of sp³-hybridized carbons (Fsp3) is 0.375. The van der Waals surface area contributed by atoms with Crippen LogP contribution in [0.5, 0.6) is 0 Å². The van der Waals surface area contributed by atoms with E-state index in [4.69, 9.17) is 5.11 Å². The Balaban J connectivity index is 2.13.